The van der Waals surface area contributed by atoms with Crippen LogP contribution in [0.2, 0.25) is 0 Å². The summed E-state index contributed by atoms with van der Waals surface area (Å²) in [5.41, 5.74) is 2.25. The molecule has 2 fully saturated rings. The van der Waals surface area contributed by atoms with E-state index in [0.717, 1.165) is 50.7 Å². The lowest BCUT2D eigenvalue weighted by atomic mass is 9.82. The SMILES string of the molecule is Cc1ccccc1CCNSN1CCC2(CC1)N=C(C1CCC(C)CC1)NC2=O. The first kappa shape index (κ1) is 20.9. The topological polar surface area (TPSA) is 56.7 Å². The quantitative estimate of drug-likeness (QED) is 0.548. The number of carbonyl (C=O) groups is 1. The number of amidine groups is 1. The molecule has 1 aromatic rings. The van der Waals surface area contributed by atoms with Gasteiger partial charge in [0.05, 0.1) is 0 Å². The van der Waals surface area contributed by atoms with Crippen molar-refractivity contribution in [3.63, 3.8) is 0 Å². The Bertz CT molecular complexity index is 749. The molecule has 0 aromatic heterocycles. The van der Waals surface area contributed by atoms with E-state index in [1.54, 1.807) is 12.1 Å². The number of aryl methyl sites for hydroxylation is 1. The maximum atomic E-state index is 12.8. The van der Waals surface area contributed by atoms with Crippen LogP contribution < -0.4 is 10.0 Å². The van der Waals surface area contributed by atoms with Crippen LogP contribution in [0.3, 0.4) is 0 Å². The van der Waals surface area contributed by atoms with Crippen LogP contribution in [0.25, 0.3) is 0 Å². The van der Waals surface area contributed by atoms with Crippen LogP contribution in [0.15, 0.2) is 29.3 Å². The van der Waals surface area contributed by atoms with Crippen molar-refractivity contribution in [2.75, 3.05) is 19.6 Å². The number of amides is 1. The van der Waals surface area contributed by atoms with Crippen molar-refractivity contribution in [2.45, 2.75) is 64.3 Å². The smallest absolute Gasteiger partial charge is 0.253 e. The first-order chi connectivity index (χ1) is 14.1. The Morgan fingerprint density at radius 3 is 2.66 bits per heavy atom. The second kappa shape index (κ2) is 9.19. The van der Waals surface area contributed by atoms with E-state index in [-0.39, 0.29) is 5.91 Å². The number of piperidine rings is 1. The third kappa shape index (κ3) is 4.86. The number of benzene rings is 1. The van der Waals surface area contributed by atoms with Gasteiger partial charge in [0.25, 0.3) is 5.91 Å². The maximum absolute atomic E-state index is 12.8. The Labute approximate surface area is 179 Å². The van der Waals surface area contributed by atoms with Gasteiger partial charge in [0.15, 0.2) is 0 Å². The molecule has 0 bridgehead atoms. The highest BCUT2D eigenvalue weighted by Gasteiger charge is 2.47. The molecular weight excluding hydrogens is 380 g/mol. The average molecular weight is 415 g/mol. The lowest BCUT2D eigenvalue weighted by Gasteiger charge is -2.34. The number of nitrogens with one attached hydrogen (secondary N) is 2. The fourth-order valence-corrected chi connectivity index (χ4v) is 5.51. The van der Waals surface area contributed by atoms with E-state index in [4.69, 9.17) is 4.99 Å². The Balaban J connectivity index is 1.23. The van der Waals surface area contributed by atoms with Crippen LogP contribution in [0.1, 0.15) is 56.6 Å². The summed E-state index contributed by atoms with van der Waals surface area (Å²) in [6.07, 6.45) is 7.52. The van der Waals surface area contributed by atoms with Gasteiger partial charge in [-0.3, -0.25) is 14.5 Å². The molecule has 0 atom stereocenters. The van der Waals surface area contributed by atoms with Crippen molar-refractivity contribution >= 4 is 23.9 Å². The highest BCUT2D eigenvalue weighted by atomic mass is 32.2. The first-order valence-corrected chi connectivity index (χ1v) is 11.9. The Morgan fingerprint density at radius 1 is 1.21 bits per heavy atom. The van der Waals surface area contributed by atoms with Crippen molar-refractivity contribution in [3.8, 4) is 0 Å². The largest absolute Gasteiger partial charge is 0.312 e. The van der Waals surface area contributed by atoms with Gasteiger partial charge in [0, 0.05) is 37.7 Å². The van der Waals surface area contributed by atoms with Crippen LogP contribution in [-0.2, 0) is 11.2 Å². The van der Waals surface area contributed by atoms with E-state index in [1.165, 1.54) is 36.8 Å². The number of rotatable bonds is 6. The summed E-state index contributed by atoms with van der Waals surface area (Å²) >= 11 is 1.70. The van der Waals surface area contributed by atoms with Gasteiger partial charge in [0.1, 0.15) is 11.4 Å². The molecular formula is C23H34N4OS. The standard InChI is InChI=1S/C23H34N4OS/c1-17-7-9-20(10-8-17)21-25-22(28)23(26-21)12-15-27(16-13-23)29-24-14-11-19-6-4-3-5-18(19)2/h3-6,17,20,24H,7-16H2,1-2H3,(H,25,26,28). The van der Waals surface area contributed by atoms with Gasteiger partial charge >= 0.3 is 0 Å². The minimum absolute atomic E-state index is 0.142. The Hall–Kier alpha value is -1.37. The highest BCUT2D eigenvalue weighted by molar-refractivity contribution is 7.95. The summed E-state index contributed by atoms with van der Waals surface area (Å²) in [5, 5.41) is 3.16. The van der Waals surface area contributed by atoms with Crippen molar-refractivity contribution in [1.82, 2.24) is 14.3 Å². The van der Waals surface area contributed by atoms with E-state index in [1.807, 2.05) is 0 Å². The zero-order valence-corrected chi connectivity index (χ0v) is 18.6. The van der Waals surface area contributed by atoms with Crippen molar-refractivity contribution in [2.24, 2.45) is 16.8 Å². The maximum Gasteiger partial charge on any atom is 0.253 e. The normalized spacial score (nSPS) is 27.1. The Kier molecular flexibility index (Phi) is 6.62. The van der Waals surface area contributed by atoms with E-state index in [9.17, 15) is 4.79 Å². The number of nitrogens with zero attached hydrogens (tertiary/aromatic N) is 2. The van der Waals surface area contributed by atoms with E-state index in [0.29, 0.717) is 5.92 Å². The molecule has 158 valence electrons. The fourth-order valence-electron chi connectivity index (χ4n) is 4.77. The van der Waals surface area contributed by atoms with E-state index in [2.05, 4.69) is 52.5 Å². The summed E-state index contributed by atoms with van der Waals surface area (Å²) in [6, 6.07) is 8.57. The molecule has 1 amide bonds. The molecule has 3 aliphatic rings. The summed E-state index contributed by atoms with van der Waals surface area (Å²) in [6.45, 7) is 7.24. The van der Waals surface area contributed by atoms with E-state index < -0.39 is 5.54 Å². The van der Waals surface area contributed by atoms with Crippen molar-refractivity contribution in [1.29, 1.82) is 0 Å². The minimum Gasteiger partial charge on any atom is -0.312 e. The fraction of sp³-hybridized carbons (Fsp3) is 0.652. The molecule has 0 unspecified atom stereocenters. The van der Waals surface area contributed by atoms with Crippen LogP contribution >= 0.6 is 12.1 Å². The van der Waals surface area contributed by atoms with Gasteiger partial charge in [-0.15, -0.1) is 0 Å². The summed E-state index contributed by atoms with van der Waals surface area (Å²) in [7, 11) is 0. The molecule has 5 nitrogen and oxygen atoms in total. The predicted molar refractivity (Wildman–Crippen MR) is 121 cm³/mol. The molecule has 2 heterocycles. The molecule has 29 heavy (non-hydrogen) atoms. The van der Waals surface area contributed by atoms with Crippen LogP contribution in [0.4, 0.5) is 0 Å². The minimum atomic E-state index is -0.503. The number of carbonyl (C=O) groups excluding carboxylic acids is 1. The first-order valence-electron chi connectivity index (χ1n) is 11.2. The molecule has 2 N–H and O–H groups in total. The highest BCUT2D eigenvalue weighted by Crippen LogP contribution is 2.36. The molecule has 6 heteroatoms. The lowest BCUT2D eigenvalue weighted by Crippen LogP contribution is -2.48. The number of hydrogen-bond donors (Lipinski definition) is 2. The van der Waals surface area contributed by atoms with Crippen LogP contribution in [0, 0.1) is 18.8 Å². The average Bonchev–Trinajstić information content (AvgIpc) is 3.04. The summed E-state index contributed by atoms with van der Waals surface area (Å²) in [4.78, 5) is 17.7. The van der Waals surface area contributed by atoms with Gasteiger partial charge in [0.2, 0.25) is 0 Å². The molecule has 4 rings (SSSR count). The Morgan fingerprint density at radius 2 is 1.93 bits per heavy atom. The van der Waals surface area contributed by atoms with Crippen LogP contribution in [0.5, 0.6) is 0 Å². The second-order valence-electron chi connectivity index (χ2n) is 9.03. The van der Waals surface area contributed by atoms with Crippen molar-refractivity contribution < 1.29 is 4.79 Å². The molecule has 1 saturated carbocycles. The molecule has 1 aromatic carbocycles. The van der Waals surface area contributed by atoms with Crippen LogP contribution in [-0.4, -0.2) is 41.2 Å². The third-order valence-corrected chi connectivity index (χ3v) is 7.86. The van der Waals surface area contributed by atoms with Gasteiger partial charge in [-0.1, -0.05) is 44.0 Å². The monoisotopic (exact) mass is 414 g/mol. The second-order valence-corrected chi connectivity index (χ2v) is 10.0. The third-order valence-electron chi connectivity index (χ3n) is 6.90. The predicted octanol–water partition coefficient (Wildman–Crippen LogP) is 3.88. The van der Waals surface area contributed by atoms with Gasteiger partial charge < -0.3 is 5.32 Å². The van der Waals surface area contributed by atoms with Gasteiger partial charge in [-0.25, -0.2) is 4.31 Å². The molecule has 2 aliphatic heterocycles. The van der Waals surface area contributed by atoms with Gasteiger partial charge in [-0.2, -0.15) is 0 Å². The molecule has 1 spiro atoms. The zero-order valence-electron chi connectivity index (χ0n) is 17.7. The molecule has 1 saturated heterocycles. The number of hydrogen-bond acceptors (Lipinski definition) is 5. The summed E-state index contributed by atoms with van der Waals surface area (Å²) < 4.78 is 5.83. The zero-order chi connectivity index (χ0) is 20.3. The van der Waals surface area contributed by atoms with E-state index >= 15 is 0 Å². The summed E-state index contributed by atoms with van der Waals surface area (Å²) in [5.74, 6) is 2.41. The van der Waals surface area contributed by atoms with Crippen molar-refractivity contribution in [3.05, 3.63) is 35.4 Å². The van der Waals surface area contributed by atoms with Gasteiger partial charge in [-0.05, 0) is 56.1 Å². The number of aliphatic imine (C=N–C) groups is 1. The molecule has 0 radical (unpaired) electrons. The molecule has 1 aliphatic carbocycles. The lowest BCUT2D eigenvalue weighted by molar-refractivity contribution is -0.124.